The van der Waals surface area contributed by atoms with E-state index in [0.29, 0.717) is 10.9 Å². The molecule has 0 fully saturated rings. The van der Waals surface area contributed by atoms with Gasteiger partial charge in [-0.05, 0) is 67.7 Å². The van der Waals surface area contributed by atoms with Crippen LogP contribution in [0.15, 0.2) is 56.3 Å². The molecule has 34 heavy (non-hydrogen) atoms. The number of hydrogen-bond donors (Lipinski definition) is 3. The monoisotopic (exact) mass is 491 g/mol. The highest BCUT2D eigenvalue weighted by atomic mass is 32.2. The van der Waals surface area contributed by atoms with Gasteiger partial charge in [0.2, 0.25) is 5.90 Å². The van der Waals surface area contributed by atoms with E-state index >= 15 is 0 Å². The Kier molecular flexibility index (Phi) is 11.2. The molecule has 9 nitrogen and oxygen atoms in total. The molecule has 2 aliphatic carbocycles. The van der Waals surface area contributed by atoms with E-state index in [1.54, 1.807) is 31.1 Å². The molecule has 0 saturated carbocycles. The molecular weight excluding hydrogens is 454 g/mol. The largest absolute Gasteiger partial charge is 0.481 e. The quantitative estimate of drug-likeness (QED) is 0.378. The number of hydrogen-bond acceptors (Lipinski definition) is 6. The molecule has 0 radical (unpaired) electrons. The number of aryl methyl sites for hydroxylation is 1. The van der Waals surface area contributed by atoms with Gasteiger partial charge in [0.25, 0.3) is 0 Å². The number of aliphatic hydroxyl groups excluding tert-OH is 1. The zero-order chi connectivity index (χ0) is 25.1. The van der Waals surface area contributed by atoms with Crippen LogP contribution < -0.4 is 10.0 Å². The number of carbonyl (C=O) groups excluding carboxylic acids is 1. The van der Waals surface area contributed by atoms with Gasteiger partial charge in [-0.15, -0.1) is 0 Å². The predicted octanol–water partition coefficient (Wildman–Crippen LogP) is 3.76. The third-order valence-electron chi connectivity index (χ3n) is 5.79. The van der Waals surface area contributed by atoms with E-state index in [1.807, 2.05) is 13.0 Å². The zero-order valence-electron chi connectivity index (χ0n) is 20.8. The van der Waals surface area contributed by atoms with Crippen LogP contribution in [-0.2, 0) is 22.3 Å². The van der Waals surface area contributed by atoms with Crippen LogP contribution >= 0.6 is 0 Å². The van der Waals surface area contributed by atoms with E-state index in [0.717, 1.165) is 75.4 Å². The summed E-state index contributed by atoms with van der Waals surface area (Å²) < 4.78 is 22.2. The summed E-state index contributed by atoms with van der Waals surface area (Å²) in [4.78, 5) is 17.0. The van der Waals surface area contributed by atoms with E-state index < -0.39 is 17.0 Å². The van der Waals surface area contributed by atoms with Gasteiger partial charge in [-0.2, -0.15) is 5.10 Å². The lowest BCUT2D eigenvalue weighted by atomic mass is 9.86. The Morgan fingerprint density at radius 2 is 2.06 bits per heavy atom. The van der Waals surface area contributed by atoms with E-state index in [1.165, 1.54) is 11.1 Å². The first-order valence-electron chi connectivity index (χ1n) is 11.6. The molecule has 1 heterocycles. The minimum atomic E-state index is -1.73. The fourth-order valence-corrected chi connectivity index (χ4v) is 4.96. The molecule has 3 rings (SSSR count). The zero-order valence-corrected chi connectivity index (χ0v) is 21.6. The molecule has 0 aliphatic heterocycles. The van der Waals surface area contributed by atoms with Gasteiger partial charge in [-0.3, -0.25) is 14.4 Å². The standard InChI is InChI=1S/C23H33N5O3S.CH4O/c1-5-13-28-14-12-21(26-28)32(30)27-23(29)25-22-18-9-7-8-17(18)10-11-19(22)16(6-2)15-20(24-3)31-4;1-2/h12,14-15H,5-11,13H2,1-4H3,(H2,25,27,29);2H,1H3/b16-15+,24-20?;. The number of aromatic nitrogens is 2. The van der Waals surface area contributed by atoms with Crippen molar-refractivity contribution >= 4 is 22.9 Å². The number of nitrogens with zero attached hydrogens (tertiary/aromatic N) is 3. The summed E-state index contributed by atoms with van der Waals surface area (Å²) in [6.45, 7) is 4.87. The summed E-state index contributed by atoms with van der Waals surface area (Å²) in [7, 11) is 2.56. The van der Waals surface area contributed by atoms with Crippen LogP contribution in [0.5, 0.6) is 0 Å². The van der Waals surface area contributed by atoms with E-state index in [4.69, 9.17) is 9.84 Å². The third-order valence-corrected chi connectivity index (χ3v) is 6.76. The van der Waals surface area contributed by atoms with Crippen molar-refractivity contribution in [2.24, 2.45) is 4.99 Å². The molecule has 1 atom stereocenters. The second-order valence-corrected chi connectivity index (χ2v) is 8.98. The summed E-state index contributed by atoms with van der Waals surface area (Å²) in [5.74, 6) is 0.549. The second kappa shape index (κ2) is 13.9. The lowest BCUT2D eigenvalue weighted by Gasteiger charge is -2.25. The molecule has 2 aliphatic rings. The molecule has 1 unspecified atom stereocenters. The number of aliphatic imine (C=N–C) groups is 1. The number of nitrogens with one attached hydrogen (secondary N) is 2. The SMILES string of the molecule is CCCn1ccc(S(=O)NC(=O)NC2=C(/C(=C/C(=NC)OC)CC)CCC3=C2CCC3)n1.CO. The van der Waals surface area contributed by atoms with Gasteiger partial charge in [0.15, 0.2) is 16.0 Å². The number of amides is 2. The van der Waals surface area contributed by atoms with Crippen molar-refractivity contribution in [1.29, 1.82) is 0 Å². The first kappa shape index (κ1) is 27.5. The fraction of sp³-hybridized carbons (Fsp3) is 0.542. The molecule has 3 N–H and O–H groups in total. The smallest absolute Gasteiger partial charge is 0.331 e. The molecule has 188 valence electrons. The number of methoxy groups -OCH3 is 1. The van der Waals surface area contributed by atoms with Gasteiger partial charge in [0, 0.05) is 38.7 Å². The van der Waals surface area contributed by atoms with Gasteiger partial charge in [-0.1, -0.05) is 19.4 Å². The van der Waals surface area contributed by atoms with Crippen molar-refractivity contribution in [2.45, 2.75) is 70.4 Å². The first-order valence-corrected chi connectivity index (χ1v) is 12.8. The molecular formula is C24H37N5O4S. The van der Waals surface area contributed by atoms with Crippen molar-refractivity contribution in [3.05, 3.63) is 46.3 Å². The Balaban J connectivity index is 0.00000199. The molecule has 1 aromatic heterocycles. The van der Waals surface area contributed by atoms with Gasteiger partial charge in [-0.25, -0.2) is 9.00 Å². The minimum Gasteiger partial charge on any atom is -0.481 e. The highest BCUT2D eigenvalue weighted by Gasteiger charge is 2.28. The van der Waals surface area contributed by atoms with Crippen molar-refractivity contribution in [2.75, 3.05) is 21.3 Å². The van der Waals surface area contributed by atoms with Crippen molar-refractivity contribution < 1.29 is 18.8 Å². The number of carbonyl (C=O) groups is 1. The second-order valence-electron chi connectivity index (χ2n) is 7.82. The average Bonchev–Trinajstić information content (AvgIpc) is 3.52. The number of allylic oxidation sites excluding steroid dienone is 4. The van der Waals surface area contributed by atoms with Crippen LogP contribution in [0, 0.1) is 0 Å². The summed E-state index contributed by atoms with van der Waals surface area (Å²) in [6, 6.07) is 1.18. The molecule has 0 spiro atoms. The van der Waals surface area contributed by atoms with E-state index in [2.05, 4.69) is 27.1 Å². The van der Waals surface area contributed by atoms with Crippen molar-refractivity contribution in [1.82, 2.24) is 19.8 Å². The maximum atomic E-state index is 12.8. The summed E-state index contributed by atoms with van der Waals surface area (Å²) in [5, 5.41) is 14.6. The van der Waals surface area contributed by atoms with Crippen molar-refractivity contribution in [3.63, 3.8) is 0 Å². The van der Waals surface area contributed by atoms with Gasteiger partial charge in [0.1, 0.15) is 0 Å². The lowest BCUT2D eigenvalue weighted by molar-refractivity contribution is 0.248. The van der Waals surface area contributed by atoms with Crippen molar-refractivity contribution in [3.8, 4) is 0 Å². The molecule has 2 amide bonds. The van der Waals surface area contributed by atoms with Crippen LogP contribution in [0.2, 0.25) is 0 Å². The Morgan fingerprint density at radius 3 is 2.71 bits per heavy atom. The number of rotatable bonds is 8. The Bertz CT molecular complexity index is 1010. The normalized spacial score (nSPS) is 17.1. The maximum Gasteiger partial charge on any atom is 0.331 e. The van der Waals surface area contributed by atoms with Gasteiger partial charge in [0.05, 0.1) is 7.11 Å². The minimum absolute atomic E-state index is 0.338. The van der Waals surface area contributed by atoms with Gasteiger partial charge < -0.3 is 15.2 Å². The molecule has 0 aromatic carbocycles. The lowest BCUT2D eigenvalue weighted by Crippen LogP contribution is -2.37. The van der Waals surface area contributed by atoms with Crippen LogP contribution in [0.3, 0.4) is 0 Å². The first-order chi connectivity index (χ1) is 16.5. The molecule has 0 bridgehead atoms. The third kappa shape index (κ3) is 6.89. The highest BCUT2D eigenvalue weighted by molar-refractivity contribution is 7.83. The summed E-state index contributed by atoms with van der Waals surface area (Å²) in [6.07, 6.45) is 10.4. The summed E-state index contributed by atoms with van der Waals surface area (Å²) in [5.41, 5.74) is 5.65. The van der Waals surface area contributed by atoms with E-state index in [-0.39, 0.29) is 0 Å². The molecule has 1 aromatic rings. The Morgan fingerprint density at radius 1 is 1.29 bits per heavy atom. The highest BCUT2D eigenvalue weighted by Crippen LogP contribution is 2.41. The fourth-order valence-electron chi connectivity index (χ4n) is 4.28. The predicted molar refractivity (Wildman–Crippen MR) is 135 cm³/mol. The van der Waals surface area contributed by atoms with Crippen LogP contribution in [0.4, 0.5) is 4.79 Å². The number of ether oxygens (including phenoxy) is 1. The Hall–Kier alpha value is -2.72. The number of urea groups is 1. The van der Waals surface area contributed by atoms with E-state index in [9.17, 15) is 9.00 Å². The average molecular weight is 492 g/mol. The van der Waals surface area contributed by atoms with Gasteiger partial charge >= 0.3 is 6.03 Å². The maximum absolute atomic E-state index is 12.8. The van der Waals surface area contributed by atoms with Crippen LogP contribution in [0.25, 0.3) is 0 Å². The van der Waals surface area contributed by atoms with Crippen LogP contribution in [-0.4, -0.2) is 52.3 Å². The molecule has 0 saturated heterocycles. The topological polar surface area (TPSA) is 118 Å². The van der Waals surface area contributed by atoms with Crippen LogP contribution in [0.1, 0.15) is 58.8 Å². The number of aliphatic hydroxyl groups is 1. The summed E-state index contributed by atoms with van der Waals surface area (Å²) >= 11 is 0. The Labute approximate surface area is 204 Å². The molecule has 10 heteroatoms.